The van der Waals surface area contributed by atoms with E-state index in [1.54, 1.807) is 0 Å². The van der Waals surface area contributed by atoms with E-state index in [0.29, 0.717) is 0 Å². The predicted molar refractivity (Wildman–Crippen MR) is 68.5 cm³/mol. The van der Waals surface area contributed by atoms with Gasteiger partial charge < -0.3 is 4.43 Å². The highest BCUT2D eigenvalue weighted by Crippen LogP contribution is 2.26. The minimum atomic E-state index is -0.438. The third kappa shape index (κ3) is 5.52. The molecule has 1 aliphatic rings. The summed E-state index contributed by atoms with van der Waals surface area (Å²) < 4.78 is 5.90. The molecule has 0 bridgehead atoms. The molecule has 1 radical (unpaired) electrons. The van der Waals surface area contributed by atoms with E-state index in [0.717, 1.165) is 12.1 Å². The molecular formula is C13H25OSi. The Labute approximate surface area is 96.6 Å². The van der Waals surface area contributed by atoms with Gasteiger partial charge in [0, 0.05) is 6.61 Å². The number of hydrogen-bond acceptors (Lipinski definition) is 1. The van der Waals surface area contributed by atoms with Crippen molar-refractivity contribution < 1.29 is 4.43 Å². The Bertz CT molecular complexity index is 164. The van der Waals surface area contributed by atoms with E-state index in [1.807, 2.05) is 6.08 Å². The normalized spacial score (nSPS) is 20.1. The lowest BCUT2D eigenvalue weighted by atomic mass is 10.1. The highest BCUT2D eigenvalue weighted by atomic mass is 28.3. The average Bonchev–Trinajstić information content (AvgIpc) is 2.30. The van der Waals surface area contributed by atoms with Crippen molar-refractivity contribution in [2.24, 2.45) is 0 Å². The van der Waals surface area contributed by atoms with Gasteiger partial charge in [0.15, 0.2) is 0 Å². The van der Waals surface area contributed by atoms with Crippen molar-refractivity contribution in [3.8, 4) is 0 Å². The van der Waals surface area contributed by atoms with Gasteiger partial charge in [0.05, 0.1) is 0 Å². The third-order valence-electron chi connectivity index (χ3n) is 3.20. The van der Waals surface area contributed by atoms with Gasteiger partial charge in [-0.05, 0) is 30.8 Å². The van der Waals surface area contributed by atoms with E-state index >= 15 is 0 Å². The van der Waals surface area contributed by atoms with Crippen LogP contribution in [0.3, 0.4) is 0 Å². The molecule has 1 aliphatic heterocycles. The summed E-state index contributed by atoms with van der Waals surface area (Å²) in [7, 11) is -0.438. The molecule has 1 saturated heterocycles. The largest absolute Gasteiger partial charge is 0.416 e. The van der Waals surface area contributed by atoms with Gasteiger partial charge in [-0.3, -0.25) is 0 Å². The second-order valence-corrected chi connectivity index (χ2v) is 7.31. The molecule has 0 amide bonds. The lowest BCUT2D eigenvalue weighted by Crippen LogP contribution is -2.27. The van der Waals surface area contributed by atoms with E-state index < -0.39 is 9.04 Å². The van der Waals surface area contributed by atoms with Crippen LogP contribution in [0, 0.1) is 0 Å². The zero-order valence-electron chi connectivity index (χ0n) is 10.1. The van der Waals surface area contributed by atoms with E-state index in [2.05, 4.69) is 13.5 Å². The van der Waals surface area contributed by atoms with Crippen LogP contribution in [0.5, 0.6) is 0 Å². The Morgan fingerprint density at radius 2 is 2.20 bits per heavy atom. The highest BCUT2D eigenvalue weighted by molar-refractivity contribution is 6.53. The van der Waals surface area contributed by atoms with Gasteiger partial charge in [0.25, 0.3) is 0 Å². The molecule has 1 nitrogen and oxygen atoms in total. The lowest BCUT2D eigenvalue weighted by molar-refractivity contribution is 0.278. The Balaban J connectivity index is 2.01. The Morgan fingerprint density at radius 3 is 2.87 bits per heavy atom. The standard InChI is InChI=1S/C13H25OSi/c1-3-4-5-6-7-10-13(2)15-12-9-8-11-14-15/h3,13H,1,4-12H2,2H3. The van der Waals surface area contributed by atoms with Crippen molar-refractivity contribution in [3.05, 3.63) is 12.7 Å². The van der Waals surface area contributed by atoms with Crippen LogP contribution in [0.4, 0.5) is 0 Å². The smallest absolute Gasteiger partial charge is 0.214 e. The first-order chi connectivity index (χ1) is 7.34. The maximum Gasteiger partial charge on any atom is 0.214 e. The van der Waals surface area contributed by atoms with Crippen LogP contribution in [0.2, 0.25) is 11.6 Å². The minimum absolute atomic E-state index is 0.438. The lowest BCUT2D eigenvalue weighted by Gasteiger charge is -2.25. The van der Waals surface area contributed by atoms with Crippen LogP contribution in [0.1, 0.15) is 51.9 Å². The van der Waals surface area contributed by atoms with Crippen molar-refractivity contribution in [3.63, 3.8) is 0 Å². The summed E-state index contributed by atoms with van der Waals surface area (Å²) in [6, 6.07) is 1.39. The third-order valence-corrected chi connectivity index (χ3v) is 6.01. The van der Waals surface area contributed by atoms with Crippen molar-refractivity contribution >= 4 is 9.04 Å². The zero-order valence-corrected chi connectivity index (χ0v) is 11.1. The molecule has 1 atom stereocenters. The van der Waals surface area contributed by atoms with Gasteiger partial charge in [0.1, 0.15) is 0 Å². The topological polar surface area (TPSA) is 9.23 Å². The summed E-state index contributed by atoms with van der Waals surface area (Å²) in [5.41, 5.74) is 0.860. The summed E-state index contributed by atoms with van der Waals surface area (Å²) in [6.07, 6.45) is 11.4. The van der Waals surface area contributed by atoms with E-state index in [4.69, 9.17) is 4.43 Å². The molecule has 0 N–H and O–H groups in total. The Kier molecular flexibility index (Phi) is 7.02. The Morgan fingerprint density at radius 1 is 1.33 bits per heavy atom. The first-order valence-electron chi connectivity index (χ1n) is 6.44. The number of allylic oxidation sites excluding steroid dienone is 1. The van der Waals surface area contributed by atoms with E-state index in [-0.39, 0.29) is 0 Å². The molecule has 0 aromatic rings. The molecule has 0 saturated carbocycles. The fourth-order valence-corrected chi connectivity index (χ4v) is 4.60. The maximum atomic E-state index is 5.90. The Hall–Kier alpha value is -0.0831. The van der Waals surface area contributed by atoms with Gasteiger partial charge in [-0.2, -0.15) is 0 Å². The molecule has 1 unspecified atom stereocenters. The molecule has 1 rings (SSSR count). The van der Waals surface area contributed by atoms with Crippen LogP contribution in [-0.4, -0.2) is 15.6 Å². The summed E-state index contributed by atoms with van der Waals surface area (Å²) in [6.45, 7) is 7.18. The van der Waals surface area contributed by atoms with Crippen LogP contribution in [0.25, 0.3) is 0 Å². The quantitative estimate of drug-likeness (QED) is 0.356. The maximum absolute atomic E-state index is 5.90. The van der Waals surface area contributed by atoms with Crippen molar-refractivity contribution in [2.75, 3.05) is 6.61 Å². The molecule has 2 heteroatoms. The van der Waals surface area contributed by atoms with Crippen molar-refractivity contribution in [1.29, 1.82) is 0 Å². The predicted octanol–water partition coefficient (Wildman–Crippen LogP) is 4.31. The van der Waals surface area contributed by atoms with Crippen LogP contribution >= 0.6 is 0 Å². The van der Waals surface area contributed by atoms with Crippen LogP contribution in [0.15, 0.2) is 12.7 Å². The molecule has 1 fully saturated rings. The molecule has 1 heterocycles. The average molecular weight is 225 g/mol. The SMILES string of the molecule is C=CCCCCCC(C)[Si]1CCCCO1. The summed E-state index contributed by atoms with van der Waals surface area (Å²) in [5.74, 6) is 0. The molecule has 0 spiro atoms. The number of hydrogen-bond donors (Lipinski definition) is 0. The van der Waals surface area contributed by atoms with Gasteiger partial charge in [0.2, 0.25) is 9.04 Å². The summed E-state index contributed by atoms with van der Waals surface area (Å²) >= 11 is 0. The fraction of sp³-hybridized carbons (Fsp3) is 0.846. The molecule has 0 aromatic heterocycles. The molecule has 15 heavy (non-hydrogen) atoms. The first-order valence-corrected chi connectivity index (χ1v) is 8.13. The number of unbranched alkanes of at least 4 members (excludes halogenated alkanes) is 3. The van der Waals surface area contributed by atoms with E-state index in [1.165, 1.54) is 51.0 Å². The first kappa shape index (κ1) is 13.0. The molecule has 87 valence electrons. The van der Waals surface area contributed by atoms with Gasteiger partial charge in [-0.15, -0.1) is 6.58 Å². The molecule has 0 aliphatic carbocycles. The van der Waals surface area contributed by atoms with Gasteiger partial charge in [-0.25, -0.2) is 0 Å². The van der Waals surface area contributed by atoms with Gasteiger partial charge >= 0.3 is 0 Å². The van der Waals surface area contributed by atoms with Crippen LogP contribution in [-0.2, 0) is 4.43 Å². The fourth-order valence-electron chi connectivity index (χ4n) is 2.14. The summed E-state index contributed by atoms with van der Waals surface area (Å²) in [4.78, 5) is 0. The highest BCUT2D eigenvalue weighted by Gasteiger charge is 2.23. The zero-order chi connectivity index (χ0) is 10.9. The molecule has 0 aromatic carbocycles. The number of rotatable bonds is 7. The second kappa shape index (κ2) is 8.11. The summed E-state index contributed by atoms with van der Waals surface area (Å²) in [5, 5.41) is 0. The van der Waals surface area contributed by atoms with Crippen molar-refractivity contribution in [1.82, 2.24) is 0 Å². The van der Waals surface area contributed by atoms with Gasteiger partial charge in [-0.1, -0.05) is 38.7 Å². The molecular weight excluding hydrogens is 200 g/mol. The van der Waals surface area contributed by atoms with Crippen LogP contribution < -0.4 is 0 Å². The van der Waals surface area contributed by atoms with Crippen molar-refractivity contribution in [2.45, 2.75) is 63.5 Å². The monoisotopic (exact) mass is 225 g/mol. The minimum Gasteiger partial charge on any atom is -0.416 e. The van der Waals surface area contributed by atoms with E-state index in [9.17, 15) is 0 Å². The second-order valence-electron chi connectivity index (χ2n) is 4.60.